The third-order valence-corrected chi connectivity index (χ3v) is 3.24. The van der Waals surface area contributed by atoms with Crippen LogP contribution in [0.1, 0.15) is 32.4 Å². The predicted molar refractivity (Wildman–Crippen MR) is 76.1 cm³/mol. The molecule has 0 fully saturated rings. The largest absolute Gasteiger partial charge is 0.353 e. The first-order valence-corrected chi connectivity index (χ1v) is 6.74. The van der Waals surface area contributed by atoms with Gasteiger partial charge in [0.15, 0.2) is 0 Å². The highest BCUT2D eigenvalue weighted by Gasteiger charge is 2.17. The molecule has 106 valence electrons. The lowest BCUT2D eigenvalue weighted by atomic mass is 10.1. The summed E-state index contributed by atoms with van der Waals surface area (Å²) >= 11 is 11.9. The molecule has 0 aliphatic heterocycles. The van der Waals surface area contributed by atoms with E-state index in [2.05, 4.69) is 10.6 Å². The van der Waals surface area contributed by atoms with E-state index in [1.807, 2.05) is 13.8 Å². The molecule has 1 aromatic rings. The smallest absolute Gasteiger partial charge is 0.234 e. The average Bonchev–Trinajstić information content (AvgIpc) is 2.31. The fourth-order valence-electron chi connectivity index (χ4n) is 1.66. The zero-order valence-corrected chi connectivity index (χ0v) is 12.6. The number of halogens is 3. The minimum absolute atomic E-state index is 0.0169. The zero-order valence-electron chi connectivity index (χ0n) is 11.1. The van der Waals surface area contributed by atoms with E-state index in [4.69, 9.17) is 23.2 Å². The maximum atomic E-state index is 13.4. The Morgan fingerprint density at radius 2 is 1.95 bits per heavy atom. The third kappa shape index (κ3) is 4.64. The van der Waals surface area contributed by atoms with E-state index in [1.54, 1.807) is 6.92 Å². The molecular formula is C13H17Cl2FN2O. The number of rotatable bonds is 5. The monoisotopic (exact) mass is 306 g/mol. The number of hydrogen-bond donors (Lipinski definition) is 2. The molecule has 1 atom stereocenters. The van der Waals surface area contributed by atoms with Crippen molar-refractivity contribution in [3.8, 4) is 0 Å². The molecule has 0 spiro atoms. The van der Waals surface area contributed by atoms with Crippen molar-refractivity contribution in [2.75, 3.05) is 6.54 Å². The van der Waals surface area contributed by atoms with Crippen LogP contribution in [0.15, 0.2) is 12.1 Å². The minimum atomic E-state index is -0.527. The number of amides is 1. The lowest BCUT2D eigenvalue weighted by Crippen LogP contribution is -2.38. The minimum Gasteiger partial charge on any atom is -0.353 e. The van der Waals surface area contributed by atoms with Gasteiger partial charge in [0, 0.05) is 22.7 Å². The zero-order chi connectivity index (χ0) is 14.6. The lowest BCUT2D eigenvalue weighted by molar-refractivity contribution is -0.120. The summed E-state index contributed by atoms with van der Waals surface area (Å²) in [4.78, 5) is 11.5. The molecule has 0 radical (unpaired) electrons. The molecule has 1 unspecified atom stereocenters. The summed E-state index contributed by atoms with van der Waals surface area (Å²) in [6.07, 6.45) is 0. The van der Waals surface area contributed by atoms with Crippen LogP contribution in [0.3, 0.4) is 0 Å². The molecule has 0 heterocycles. The van der Waals surface area contributed by atoms with Crippen LogP contribution in [0.25, 0.3) is 0 Å². The summed E-state index contributed by atoms with van der Waals surface area (Å²) in [6.45, 7) is 5.64. The van der Waals surface area contributed by atoms with Crippen molar-refractivity contribution in [3.63, 3.8) is 0 Å². The highest BCUT2D eigenvalue weighted by atomic mass is 35.5. The molecule has 3 nitrogen and oxygen atoms in total. The number of carbonyl (C=O) groups excluding carboxylic acids is 1. The van der Waals surface area contributed by atoms with Crippen molar-refractivity contribution >= 4 is 29.1 Å². The first-order chi connectivity index (χ1) is 8.82. The number of hydrogen-bond acceptors (Lipinski definition) is 2. The Morgan fingerprint density at radius 3 is 2.53 bits per heavy atom. The average molecular weight is 307 g/mol. The standard InChI is InChI=1S/C13H17Cl2FN2O/c1-7(2)18-11(19)6-17-8(3)12-9(14)4-5-10(16)13(12)15/h4-5,7-8,17H,6H2,1-3H3,(H,18,19). The summed E-state index contributed by atoms with van der Waals surface area (Å²) in [5.41, 5.74) is 0.459. The Bertz CT molecular complexity index is 466. The lowest BCUT2D eigenvalue weighted by Gasteiger charge is -2.18. The van der Waals surface area contributed by atoms with E-state index in [0.29, 0.717) is 10.6 Å². The predicted octanol–water partition coefficient (Wildman–Crippen LogP) is 3.31. The van der Waals surface area contributed by atoms with Crippen LogP contribution in [0.4, 0.5) is 4.39 Å². The number of nitrogens with one attached hydrogen (secondary N) is 2. The van der Waals surface area contributed by atoms with Crippen LogP contribution in [0.2, 0.25) is 10.0 Å². The highest BCUT2D eigenvalue weighted by Crippen LogP contribution is 2.32. The summed E-state index contributed by atoms with van der Waals surface area (Å²) in [5, 5.41) is 6.07. The van der Waals surface area contributed by atoms with E-state index in [9.17, 15) is 9.18 Å². The van der Waals surface area contributed by atoms with Gasteiger partial charge in [-0.15, -0.1) is 0 Å². The van der Waals surface area contributed by atoms with Gasteiger partial charge in [-0.05, 0) is 32.9 Å². The molecular weight excluding hydrogens is 290 g/mol. The van der Waals surface area contributed by atoms with Crippen molar-refractivity contribution in [1.29, 1.82) is 0 Å². The molecule has 2 N–H and O–H groups in total. The second-order valence-corrected chi connectivity index (χ2v) is 5.37. The first-order valence-electron chi connectivity index (χ1n) is 5.99. The van der Waals surface area contributed by atoms with E-state index in [1.165, 1.54) is 12.1 Å². The Kier molecular flexibility index (Phi) is 6.04. The van der Waals surface area contributed by atoms with Gasteiger partial charge in [-0.2, -0.15) is 0 Å². The Hall–Kier alpha value is -0.840. The molecule has 0 aliphatic rings. The third-order valence-electron chi connectivity index (χ3n) is 2.53. The highest BCUT2D eigenvalue weighted by molar-refractivity contribution is 6.36. The Morgan fingerprint density at radius 1 is 1.32 bits per heavy atom. The van der Waals surface area contributed by atoms with Gasteiger partial charge in [0.1, 0.15) is 5.82 Å². The van der Waals surface area contributed by atoms with Gasteiger partial charge >= 0.3 is 0 Å². The fraction of sp³-hybridized carbons (Fsp3) is 0.462. The molecule has 1 amide bonds. The Balaban J connectivity index is 2.71. The van der Waals surface area contributed by atoms with Gasteiger partial charge in [0.05, 0.1) is 11.6 Å². The van der Waals surface area contributed by atoms with E-state index >= 15 is 0 Å². The van der Waals surface area contributed by atoms with Crippen molar-refractivity contribution < 1.29 is 9.18 Å². The fourth-order valence-corrected chi connectivity index (χ4v) is 2.36. The molecule has 1 aromatic carbocycles. The van der Waals surface area contributed by atoms with Crippen LogP contribution >= 0.6 is 23.2 Å². The van der Waals surface area contributed by atoms with Crippen molar-refractivity contribution in [2.45, 2.75) is 32.9 Å². The van der Waals surface area contributed by atoms with Crippen molar-refractivity contribution in [3.05, 3.63) is 33.6 Å². The maximum absolute atomic E-state index is 13.4. The molecule has 19 heavy (non-hydrogen) atoms. The molecule has 0 saturated carbocycles. The van der Waals surface area contributed by atoms with Crippen LogP contribution in [-0.4, -0.2) is 18.5 Å². The molecule has 0 bridgehead atoms. The van der Waals surface area contributed by atoms with Gasteiger partial charge in [-0.25, -0.2) is 4.39 Å². The molecule has 0 saturated heterocycles. The van der Waals surface area contributed by atoms with E-state index in [0.717, 1.165) is 0 Å². The van der Waals surface area contributed by atoms with Gasteiger partial charge in [0.25, 0.3) is 0 Å². The number of carbonyl (C=O) groups is 1. The summed E-state index contributed by atoms with van der Waals surface area (Å²) < 4.78 is 13.4. The maximum Gasteiger partial charge on any atom is 0.234 e. The van der Waals surface area contributed by atoms with E-state index < -0.39 is 5.82 Å². The Labute approximate surface area is 122 Å². The second-order valence-electron chi connectivity index (χ2n) is 4.58. The molecule has 6 heteroatoms. The summed E-state index contributed by atoms with van der Waals surface area (Å²) in [6, 6.07) is 2.41. The van der Waals surface area contributed by atoms with Crippen molar-refractivity contribution in [2.24, 2.45) is 0 Å². The van der Waals surface area contributed by atoms with Crippen molar-refractivity contribution in [1.82, 2.24) is 10.6 Å². The van der Waals surface area contributed by atoms with Crippen LogP contribution in [-0.2, 0) is 4.79 Å². The van der Waals surface area contributed by atoms with Crippen LogP contribution in [0.5, 0.6) is 0 Å². The van der Waals surface area contributed by atoms with Gasteiger partial charge in [0.2, 0.25) is 5.91 Å². The molecule has 1 rings (SSSR count). The van der Waals surface area contributed by atoms with Gasteiger partial charge in [-0.3, -0.25) is 4.79 Å². The molecule has 0 aliphatic carbocycles. The van der Waals surface area contributed by atoms with Gasteiger partial charge < -0.3 is 10.6 Å². The normalized spacial score (nSPS) is 12.6. The quantitative estimate of drug-likeness (QED) is 0.820. The SMILES string of the molecule is CC(C)NC(=O)CNC(C)c1c(Cl)ccc(F)c1Cl. The second kappa shape index (κ2) is 7.08. The first kappa shape index (κ1) is 16.2. The molecule has 0 aromatic heterocycles. The summed E-state index contributed by atoms with van der Waals surface area (Å²) in [7, 11) is 0. The topological polar surface area (TPSA) is 41.1 Å². The van der Waals surface area contributed by atoms with Crippen LogP contribution in [0, 0.1) is 5.82 Å². The number of benzene rings is 1. The summed E-state index contributed by atoms with van der Waals surface area (Å²) in [5.74, 6) is -0.660. The van der Waals surface area contributed by atoms with E-state index in [-0.39, 0.29) is 29.6 Å². The van der Waals surface area contributed by atoms with Crippen LogP contribution < -0.4 is 10.6 Å². The van der Waals surface area contributed by atoms with Gasteiger partial charge in [-0.1, -0.05) is 23.2 Å².